The molecule has 4 aliphatic rings. The van der Waals surface area contributed by atoms with Crippen LogP contribution in [0, 0.1) is 5.82 Å². The van der Waals surface area contributed by atoms with Crippen LogP contribution >= 0.6 is 0 Å². The van der Waals surface area contributed by atoms with Crippen LogP contribution in [0.5, 0.6) is 11.9 Å². The molecule has 9 heteroatoms. The van der Waals surface area contributed by atoms with Crippen molar-refractivity contribution in [3.05, 3.63) is 48.3 Å². The van der Waals surface area contributed by atoms with Gasteiger partial charge in [-0.2, -0.15) is 9.97 Å². The molecule has 1 atom stereocenters. The lowest BCUT2D eigenvalue weighted by Crippen LogP contribution is -2.53. The fourth-order valence-corrected chi connectivity index (χ4v) is 7.11. The number of halogens is 1. The lowest BCUT2D eigenvalue weighted by atomic mass is 9.95. The quantitative estimate of drug-likeness (QED) is 0.368. The minimum absolute atomic E-state index is 0.0448. The van der Waals surface area contributed by atoms with E-state index in [4.69, 9.17) is 24.4 Å². The second kappa shape index (κ2) is 10.7. The van der Waals surface area contributed by atoms with Crippen LogP contribution < -0.4 is 19.7 Å². The van der Waals surface area contributed by atoms with Crippen LogP contribution in [0.4, 0.5) is 10.2 Å². The summed E-state index contributed by atoms with van der Waals surface area (Å²) in [6, 6.07) is 14.1. The van der Waals surface area contributed by atoms with Gasteiger partial charge in [0, 0.05) is 25.2 Å². The smallest absolute Gasteiger partial charge is 0.319 e. The standard InChI is InChI=1S/C30H31FN6O2.C2H6/c31-24-25(22-9-3-7-19-6-1-2-8-21(19)22)33-28-23-26(24)34-29(39-18-30-10-4-13-36(30)14-5-11-30)35-27(23)37-15-12-32-16-20(37)17-38-28;1-2/h1-3,6-9,20,32H,4-5,10-18H2;1-2H3/t20-;/m0./s1. The summed E-state index contributed by atoms with van der Waals surface area (Å²) in [6.45, 7) is 9.50. The number of fused-ring (bicyclic) bond motifs is 4. The maximum absolute atomic E-state index is 16.6. The minimum atomic E-state index is -0.475. The summed E-state index contributed by atoms with van der Waals surface area (Å²) in [7, 11) is 0. The van der Waals surface area contributed by atoms with Gasteiger partial charge in [0.2, 0.25) is 5.88 Å². The number of nitrogens with zero attached hydrogens (tertiary/aromatic N) is 5. The van der Waals surface area contributed by atoms with Gasteiger partial charge in [-0.3, -0.25) is 4.90 Å². The summed E-state index contributed by atoms with van der Waals surface area (Å²) in [6.07, 6.45) is 4.61. The Morgan fingerprint density at radius 1 is 1.02 bits per heavy atom. The highest BCUT2D eigenvalue weighted by Gasteiger charge is 2.45. The van der Waals surface area contributed by atoms with Crippen LogP contribution in [0.25, 0.3) is 32.9 Å². The highest BCUT2D eigenvalue weighted by molar-refractivity contribution is 6.01. The molecule has 0 radical (unpaired) electrons. The number of hydrogen-bond acceptors (Lipinski definition) is 8. The van der Waals surface area contributed by atoms with E-state index in [1.165, 1.54) is 12.8 Å². The maximum atomic E-state index is 16.6. The second-order valence-corrected chi connectivity index (χ2v) is 11.2. The highest BCUT2D eigenvalue weighted by Crippen LogP contribution is 2.43. The summed E-state index contributed by atoms with van der Waals surface area (Å²) in [5.41, 5.74) is 1.20. The van der Waals surface area contributed by atoms with Crippen LogP contribution in [0.15, 0.2) is 42.5 Å². The fourth-order valence-electron chi connectivity index (χ4n) is 7.11. The molecule has 214 valence electrons. The maximum Gasteiger partial charge on any atom is 0.319 e. The van der Waals surface area contributed by atoms with Gasteiger partial charge in [-0.15, -0.1) is 0 Å². The molecule has 0 saturated carbocycles. The van der Waals surface area contributed by atoms with Gasteiger partial charge in [-0.05, 0) is 49.5 Å². The molecule has 8 rings (SSSR count). The Morgan fingerprint density at radius 3 is 2.68 bits per heavy atom. The van der Waals surface area contributed by atoms with Crippen molar-refractivity contribution >= 4 is 27.5 Å². The summed E-state index contributed by atoms with van der Waals surface area (Å²) < 4.78 is 29.2. The third kappa shape index (κ3) is 4.37. The second-order valence-electron chi connectivity index (χ2n) is 11.2. The van der Waals surface area contributed by atoms with Crippen molar-refractivity contribution in [1.82, 2.24) is 25.2 Å². The zero-order valence-electron chi connectivity index (χ0n) is 23.8. The van der Waals surface area contributed by atoms with E-state index in [9.17, 15) is 0 Å². The molecule has 0 bridgehead atoms. The molecule has 6 heterocycles. The topological polar surface area (TPSA) is 75.6 Å². The summed E-state index contributed by atoms with van der Waals surface area (Å²) >= 11 is 0. The van der Waals surface area contributed by atoms with Crippen molar-refractivity contribution in [2.75, 3.05) is 50.8 Å². The Bertz CT molecular complexity index is 1580. The number of benzene rings is 2. The zero-order valence-corrected chi connectivity index (χ0v) is 23.8. The predicted octanol–water partition coefficient (Wildman–Crippen LogP) is 5.19. The lowest BCUT2D eigenvalue weighted by molar-refractivity contribution is 0.108. The van der Waals surface area contributed by atoms with Crippen LogP contribution in [0.1, 0.15) is 39.5 Å². The average molecular weight is 557 g/mol. The van der Waals surface area contributed by atoms with Crippen LogP contribution in [-0.4, -0.2) is 77.4 Å². The van der Waals surface area contributed by atoms with Crippen molar-refractivity contribution in [2.45, 2.75) is 51.1 Å². The molecule has 0 amide bonds. The van der Waals surface area contributed by atoms with Crippen LogP contribution in [0.3, 0.4) is 0 Å². The molecule has 4 aliphatic heterocycles. The molecule has 0 aliphatic carbocycles. The van der Waals surface area contributed by atoms with E-state index in [-0.39, 0.29) is 28.8 Å². The number of hydrogen-bond donors (Lipinski definition) is 1. The first-order chi connectivity index (χ1) is 20.2. The summed E-state index contributed by atoms with van der Waals surface area (Å²) in [5, 5.41) is 5.92. The number of piperazine rings is 1. The fraction of sp³-hybridized carbons (Fsp3) is 0.469. The van der Waals surface area contributed by atoms with E-state index in [0.29, 0.717) is 35.9 Å². The number of ether oxygens (including phenoxy) is 2. The normalized spacial score (nSPS) is 21.0. The number of pyridine rings is 1. The largest absolute Gasteiger partial charge is 0.475 e. The Balaban J connectivity index is 0.00000135. The molecular weight excluding hydrogens is 519 g/mol. The monoisotopic (exact) mass is 556 g/mol. The van der Waals surface area contributed by atoms with Crippen LogP contribution in [0.2, 0.25) is 0 Å². The first kappa shape index (κ1) is 26.3. The Kier molecular flexibility index (Phi) is 6.87. The SMILES string of the molecule is CC.Fc1c(-c2cccc3ccccc23)nc2c3c(nc(OCC45CCCN4CCC5)nc13)N1CCNC[C@H]1CO2. The van der Waals surface area contributed by atoms with Gasteiger partial charge in [-0.1, -0.05) is 56.3 Å². The first-order valence-corrected chi connectivity index (χ1v) is 15.1. The van der Waals surface area contributed by atoms with Gasteiger partial charge < -0.3 is 19.7 Å². The Hall–Kier alpha value is -3.56. The van der Waals surface area contributed by atoms with E-state index in [1.807, 2.05) is 56.3 Å². The number of aromatic nitrogens is 3. The Morgan fingerprint density at radius 2 is 1.83 bits per heavy atom. The van der Waals surface area contributed by atoms with Gasteiger partial charge >= 0.3 is 6.01 Å². The minimum Gasteiger partial charge on any atom is -0.475 e. The molecule has 1 N–H and O–H groups in total. The van der Waals surface area contributed by atoms with E-state index < -0.39 is 5.82 Å². The molecule has 4 aromatic rings. The van der Waals surface area contributed by atoms with E-state index in [1.54, 1.807) is 0 Å². The van der Waals surface area contributed by atoms with Gasteiger partial charge in [0.15, 0.2) is 5.82 Å². The van der Waals surface area contributed by atoms with Gasteiger partial charge in [0.25, 0.3) is 0 Å². The number of nitrogens with one attached hydrogen (secondary N) is 1. The first-order valence-electron chi connectivity index (χ1n) is 15.1. The van der Waals surface area contributed by atoms with Crippen LogP contribution in [-0.2, 0) is 0 Å². The molecule has 3 saturated heterocycles. The van der Waals surface area contributed by atoms with Crippen molar-refractivity contribution in [3.63, 3.8) is 0 Å². The average Bonchev–Trinajstić information content (AvgIpc) is 3.57. The van der Waals surface area contributed by atoms with E-state index in [0.717, 1.165) is 56.3 Å². The molecule has 8 nitrogen and oxygen atoms in total. The van der Waals surface area contributed by atoms with Crippen molar-refractivity contribution in [1.29, 1.82) is 0 Å². The van der Waals surface area contributed by atoms with Gasteiger partial charge in [-0.25, -0.2) is 9.37 Å². The van der Waals surface area contributed by atoms with Gasteiger partial charge in [0.1, 0.15) is 35.6 Å². The summed E-state index contributed by atoms with van der Waals surface area (Å²) in [4.78, 5) is 19.1. The van der Waals surface area contributed by atoms with E-state index >= 15 is 4.39 Å². The molecule has 41 heavy (non-hydrogen) atoms. The van der Waals surface area contributed by atoms with Crippen molar-refractivity contribution < 1.29 is 13.9 Å². The number of rotatable bonds is 4. The lowest BCUT2D eigenvalue weighted by Gasteiger charge is -2.35. The summed E-state index contributed by atoms with van der Waals surface area (Å²) in [5.74, 6) is 0.552. The van der Waals surface area contributed by atoms with E-state index in [2.05, 4.69) is 15.1 Å². The van der Waals surface area contributed by atoms with Gasteiger partial charge in [0.05, 0.1) is 11.6 Å². The molecular formula is C32H37FN6O2. The molecule has 0 spiro atoms. The highest BCUT2D eigenvalue weighted by atomic mass is 19.1. The number of anilines is 1. The Labute approximate surface area is 239 Å². The third-order valence-corrected chi connectivity index (χ3v) is 9.07. The van der Waals surface area contributed by atoms with Crippen molar-refractivity contribution in [2.24, 2.45) is 0 Å². The molecule has 2 aromatic carbocycles. The zero-order chi connectivity index (χ0) is 28.0. The predicted molar refractivity (Wildman–Crippen MR) is 159 cm³/mol. The van der Waals surface area contributed by atoms with Crippen molar-refractivity contribution in [3.8, 4) is 23.1 Å². The third-order valence-electron chi connectivity index (χ3n) is 9.07. The molecule has 0 unspecified atom stereocenters. The molecule has 3 fully saturated rings. The molecule has 2 aromatic heterocycles.